The first-order valence-corrected chi connectivity index (χ1v) is 7.49. The van der Waals surface area contributed by atoms with E-state index in [-0.39, 0.29) is 24.0 Å². The van der Waals surface area contributed by atoms with E-state index >= 15 is 0 Å². The molecule has 3 rings (SSSR count). The average molecular weight is 279 g/mol. The molecule has 6 nitrogen and oxygen atoms in total. The minimum Gasteiger partial charge on any atom is -0.378 e. The molecule has 0 N–H and O–H groups in total. The molecule has 1 aromatic heterocycles. The van der Waals surface area contributed by atoms with E-state index < -0.39 is 0 Å². The van der Waals surface area contributed by atoms with Gasteiger partial charge in [0.1, 0.15) is 0 Å². The van der Waals surface area contributed by atoms with Crippen molar-refractivity contribution in [1.82, 2.24) is 15.0 Å². The van der Waals surface area contributed by atoms with Gasteiger partial charge in [-0.25, -0.2) is 0 Å². The Kier molecular flexibility index (Phi) is 3.74. The number of likely N-dealkylation sites (tertiary alicyclic amines) is 1. The molecular weight excluding hydrogens is 258 g/mol. The Bertz CT molecular complexity index is 488. The molecule has 1 aliphatic heterocycles. The lowest BCUT2D eigenvalue weighted by atomic mass is 10.2. The minimum atomic E-state index is -0.0190. The third kappa shape index (κ3) is 2.44. The summed E-state index contributed by atoms with van der Waals surface area (Å²) in [5.74, 6) is 1.51. The number of hydrogen-bond donors (Lipinski definition) is 0. The van der Waals surface area contributed by atoms with E-state index in [4.69, 9.17) is 9.26 Å². The van der Waals surface area contributed by atoms with Gasteiger partial charge in [-0.3, -0.25) is 4.79 Å². The van der Waals surface area contributed by atoms with Crippen LogP contribution in [-0.2, 0) is 16.0 Å². The van der Waals surface area contributed by atoms with Gasteiger partial charge in [-0.1, -0.05) is 12.1 Å². The van der Waals surface area contributed by atoms with Crippen LogP contribution in [0.3, 0.4) is 0 Å². The summed E-state index contributed by atoms with van der Waals surface area (Å²) < 4.78 is 10.7. The van der Waals surface area contributed by atoms with E-state index in [2.05, 4.69) is 10.1 Å². The molecule has 2 heterocycles. The van der Waals surface area contributed by atoms with Crippen molar-refractivity contribution in [2.45, 2.75) is 51.7 Å². The second kappa shape index (κ2) is 5.52. The topological polar surface area (TPSA) is 68.5 Å². The Hall–Kier alpha value is -1.43. The van der Waals surface area contributed by atoms with Crippen LogP contribution in [0, 0.1) is 5.92 Å². The summed E-state index contributed by atoms with van der Waals surface area (Å²) >= 11 is 0. The lowest BCUT2D eigenvalue weighted by Gasteiger charge is -2.22. The van der Waals surface area contributed by atoms with E-state index in [1.165, 1.54) is 0 Å². The summed E-state index contributed by atoms with van der Waals surface area (Å²) in [4.78, 5) is 18.8. The highest BCUT2D eigenvalue weighted by Gasteiger charge is 2.48. The zero-order valence-corrected chi connectivity index (χ0v) is 12.0. The number of amides is 1. The van der Waals surface area contributed by atoms with Gasteiger partial charge in [-0.15, -0.1) is 0 Å². The van der Waals surface area contributed by atoms with Crippen molar-refractivity contribution in [3.05, 3.63) is 11.7 Å². The molecule has 1 saturated heterocycles. The molecule has 110 valence electrons. The number of rotatable bonds is 5. The van der Waals surface area contributed by atoms with Crippen LogP contribution in [0.5, 0.6) is 0 Å². The zero-order valence-electron chi connectivity index (χ0n) is 12.0. The van der Waals surface area contributed by atoms with Crippen molar-refractivity contribution >= 4 is 5.91 Å². The highest BCUT2D eigenvalue weighted by atomic mass is 16.5. The molecule has 0 unspecified atom stereocenters. The van der Waals surface area contributed by atoms with Crippen LogP contribution in [0.1, 0.15) is 50.9 Å². The fourth-order valence-electron chi connectivity index (χ4n) is 2.89. The fourth-order valence-corrected chi connectivity index (χ4v) is 2.89. The third-order valence-electron chi connectivity index (χ3n) is 4.05. The lowest BCUT2D eigenvalue weighted by molar-refractivity contribution is -0.134. The van der Waals surface area contributed by atoms with Crippen molar-refractivity contribution in [3.8, 4) is 0 Å². The Morgan fingerprint density at radius 3 is 3.05 bits per heavy atom. The summed E-state index contributed by atoms with van der Waals surface area (Å²) in [5, 5.41) is 4.03. The first kappa shape index (κ1) is 13.5. The molecular formula is C14H21N3O3. The number of carbonyl (C=O) groups is 1. The molecule has 0 bridgehead atoms. The number of aryl methyl sites for hydroxylation is 1. The molecule has 20 heavy (non-hydrogen) atoms. The lowest BCUT2D eigenvalue weighted by Crippen LogP contribution is -2.33. The maximum absolute atomic E-state index is 12.5. The maximum Gasteiger partial charge on any atom is 0.229 e. The van der Waals surface area contributed by atoms with E-state index in [0.717, 1.165) is 32.2 Å². The Labute approximate surface area is 118 Å². The van der Waals surface area contributed by atoms with Crippen LogP contribution in [0.25, 0.3) is 0 Å². The number of ether oxygens (including phenoxy) is 1. The first-order valence-electron chi connectivity index (χ1n) is 7.49. The fraction of sp³-hybridized carbons (Fsp3) is 0.786. The van der Waals surface area contributed by atoms with Crippen LogP contribution >= 0.6 is 0 Å². The Morgan fingerprint density at radius 1 is 1.50 bits per heavy atom. The molecule has 1 amide bonds. The number of nitrogens with zero attached hydrogens (tertiary/aromatic N) is 3. The van der Waals surface area contributed by atoms with Gasteiger partial charge in [0.25, 0.3) is 0 Å². The summed E-state index contributed by atoms with van der Waals surface area (Å²) in [7, 11) is 0. The molecule has 0 aromatic carbocycles. The monoisotopic (exact) mass is 279 g/mol. The largest absolute Gasteiger partial charge is 0.378 e. The van der Waals surface area contributed by atoms with Crippen molar-refractivity contribution in [2.75, 3.05) is 13.2 Å². The van der Waals surface area contributed by atoms with Crippen LogP contribution < -0.4 is 0 Å². The van der Waals surface area contributed by atoms with Crippen molar-refractivity contribution in [1.29, 1.82) is 0 Å². The highest BCUT2D eigenvalue weighted by Crippen LogP contribution is 2.40. The van der Waals surface area contributed by atoms with E-state index in [0.29, 0.717) is 18.3 Å². The molecule has 1 aromatic rings. The predicted molar refractivity (Wildman–Crippen MR) is 70.9 cm³/mol. The Balaban J connectivity index is 1.68. The summed E-state index contributed by atoms with van der Waals surface area (Å²) in [5.41, 5.74) is 0. The third-order valence-corrected chi connectivity index (χ3v) is 4.05. The normalized spacial score (nSPS) is 28.9. The van der Waals surface area contributed by atoms with E-state index in [1.807, 2.05) is 18.7 Å². The molecule has 1 aliphatic carbocycles. The van der Waals surface area contributed by atoms with Crippen molar-refractivity contribution < 1.29 is 14.1 Å². The van der Waals surface area contributed by atoms with Crippen LogP contribution in [0.2, 0.25) is 0 Å². The van der Waals surface area contributed by atoms with Crippen LogP contribution in [-0.4, -0.2) is 40.2 Å². The van der Waals surface area contributed by atoms with Crippen LogP contribution in [0.15, 0.2) is 4.52 Å². The summed E-state index contributed by atoms with van der Waals surface area (Å²) in [6.45, 7) is 5.40. The van der Waals surface area contributed by atoms with Gasteiger partial charge in [-0.05, 0) is 26.2 Å². The smallest absolute Gasteiger partial charge is 0.229 e. The van der Waals surface area contributed by atoms with Gasteiger partial charge in [-0.2, -0.15) is 4.98 Å². The van der Waals surface area contributed by atoms with Crippen molar-refractivity contribution in [2.24, 2.45) is 5.92 Å². The highest BCUT2D eigenvalue weighted by molar-refractivity contribution is 5.82. The van der Waals surface area contributed by atoms with Gasteiger partial charge in [0.2, 0.25) is 11.8 Å². The molecule has 6 heteroatoms. The Morgan fingerprint density at radius 2 is 2.35 bits per heavy atom. The molecule has 3 atom stereocenters. The molecule has 2 fully saturated rings. The average Bonchev–Trinajstić information content (AvgIpc) is 2.91. The first-order chi connectivity index (χ1) is 9.74. The summed E-state index contributed by atoms with van der Waals surface area (Å²) in [6, 6.07) is -0.0190. The van der Waals surface area contributed by atoms with Gasteiger partial charge in [0, 0.05) is 19.6 Å². The number of hydrogen-bond acceptors (Lipinski definition) is 5. The number of aromatic nitrogens is 2. The molecule has 0 spiro atoms. The minimum absolute atomic E-state index is 0.0190. The van der Waals surface area contributed by atoms with Gasteiger partial charge in [0.05, 0.1) is 18.1 Å². The van der Waals surface area contributed by atoms with E-state index in [1.54, 1.807) is 0 Å². The van der Waals surface area contributed by atoms with Gasteiger partial charge >= 0.3 is 0 Å². The maximum atomic E-state index is 12.5. The SMILES string of the molecule is CCO[C@@H]1C[C@H]1C(=O)N1CCC[C@H]1c1noc(CC)n1. The molecule has 2 aliphatic rings. The molecule has 1 saturated carbocycles. The predicted octanol–water partition coefficient (Wildman–Crippen LogP) is 1.72. The second-order valence-electron chi connectivity index (χ2n) is 5.43. The van der Waals surface area contributed by atoms with Crippen molar-refractivity contribution in [3.63, 3.8) is 0 Å². The quantitative estimate of drug-likeness (QED) is 0.821. The van der Waals surface area contributed by atoms with Gasteiger partial charge < -0.3 is 14.2 Å². The zero-order chi connectivity index (χ0) is 14.1. The second-order valence-corrected chi connectivity index (χ2v) is 5.43. The molecule has 0 radical (unpaired) electrons. The van der Waals surface area contributed by atoms with E-state index in [9.17, 15) is 4.79 Å². The standard InChI is InChI=1S/C14H21N3O3/c1-3-12-15-13(16-20-12)10-6-5-7-17(10)14(18)9-8-11(9)19-4-2/h9-11H,3-8H2,1-2H3/t9-,10+,11-/m1/s1. The van der Waals surface area contributed by atoms with Crippen LogP contribution in [0.4, 0.5) is 0 Å². The summed E-state index contributed by atoms with van der Waals surface area (Å²) in [6.07, 6.45) is 3.61. The van der Waals surface area contributed by atoms with Gasteiger partial charge in [0.15, 0.2) is 5.82 Å². The number of carbonyl (C=O) groups excluding carboxylic acids is 1.